The first-order valence-corrected chi connectivity index (χ1v) is 19.0. The Kier molecular flexibility index (Phi) is 14.9. The standard InChI is InChI=1S/C46H50ClN3O5/c1-5-34(22-31(2)25-48)29-54-44-24-45(43(47)23-38(44)27-50-21-19-39(51)28-50)55-30-37-10-8-12-41(32(37)3)42-13-9-11-40(33(42)4)36-17-15-35(16-18-36)26-49-20-7-6-14-46(52)53/h5,8-13,15-18,22-24,39,49,51H,1-2,6-7,14,19-21,26-30H2,3-4H3,(H,52,53)/b34-22+/t39-/m1/s1. The molecule has 0 aromatic heterocycles. The first kappa shape index (κ1) is 41.0. The lowest BCUT2D eigenvalue weighted by Crippen LogP contribution is -2.22. The molecule has 1 saturated heterocycles. The lowest BCUT2D eigenvalue weighted by Gasteiger charge is -2.20. The minimum Gasteiger partial charge on any atom is -0.488 e. The number of aliphatic carboxylic acids is 1. The van der Waals surface area contributed by atoms with Gasteiger partial charge in [0.1, 0.15) is 24.7 Å². The van der Waals surface area contributed by atoms with E-state index in [0.717, 1.165) is 65.9 Å². The number of allylic oxidation sites excluding steroid dienone is 2. The number of nitriles is 1. The van der Waals surface area contributed by atoms with Crippen molar-refractivity contribution < 1.29 is 24.5 Å². The van der Waals surface area contributed by atoms with Crippen molar-refractivity contribution in [2.45, 2.75) is 65.3 Å². The summed E-state index contributed by atoms with van der Waals surface area (Å²) in [7, 11) is 0. The SMILES string of the molecule is C=C/C(=C\C(=C)C#N)COc1cc(OCc2cccc(-c3cccc(-c4ccc(CNCCCCC(=O)O)cc4)c3C)c2C)c(Cl)cc1CN1CC[C@@H](O)C1. The van der Waals surface area contributed by atoms with E-state index in [4.69, 9.17) is 26.2 Å². The number of carboxylic acids is 1. The molecule has 4 aromatic rings. The number of β-amino-alcohol motifs (C(OH)–C–C–N with tert-alkyl or cyclic N) is 1. The topological polar surface area (TPSA) is 115 Å². The fraction of sp³-hybridized carbons (Fsp3) is 0.304. The molecular weight excluding hydrogens is 710 g/mol. The predicted octanol–water partition coefficient (Wildman–Crippen LogP) is 9.35. The Hall–Kier alpha value is -5.17. The molecule has 5 rings (SSSR count). The van der Waals surface area contributed by atoms with Crippen LogP contribution in [0.3, 0.4) is 0 Å². The highest BCUT2D eigenvalue weighted by Gasteiger charge is 2.23. The minimum atomic E-state index is -0.748. The molecular formula is C46H50ClN3O5. The van der Waals surface area contributed by atoms with Gasteiger partial charge in [0.2, 0.25) is 0 Å². The van der Waals surface area contributed by atoms with Gasteiger partial charge in [0.05, 0.1) is 17.2 Å². The van der Waals surface area contributed by atoms with E-state index < -0.39 is 5.97 Å². The Balaban J connectivity index is 1.31. The van der Waals surface area contributed by atoms with E-state index in [1.54, 1.807) is 12.2 Å². The third-order valence-electron chi connectivity index (χ3n) is 9.96. The summed E-state index contributed by atoms with van der Waals surface area (Å²) < 4.78 is 12.7. The average Bonchev–Trinajstić information content (AvgIpc) is 3.59. The fourth-order valence-corrected chi connectivity index (χ4v) is 7.05. The highest BCUT2D eigenvalue weighted by molar-refractivity contribution is 6.32. The second kappa shape index (κ2) is 19.9. The number of hydrogen-bond acceptors (Lipinski definition) is 7. The predicted molar refractivity (Wildman–Crippen MR) is 220 cm³/mol. The van der Waals surface area contributed by atoms with Gasteiger partial charge in [-0.15, -0.1) is 0 Å². The van der Waals surface area contributed by atoms with Crippen LogP contribution in [0.15, 0.2) is 109 Å². The van der Waals surface area contributed by atoms with Crippen LogP contribution >= 0.6 is 11.6 Å². The highest BCUT2D eigenvalue weighted by atomic mass is 35.5. The largest absolute Gasteiger partial charge is 0.488 e. The molecule has 1 aliphatic rings. The number of likely N-dealkylation sites (tertiary alicyclic amines) is 1. The first-order valence-electron chi connectivity index (χ1n) is 18.7. The summed E-state index contributed by atoms with van der Waals surface area (Å²) in [5.41, 5.74) is 11.0. The van der Waals surface area contributed by atoms with E-state index in [2.05, 4.69) is 97.9 Å². The van der Waals surface area contributed by atoms with Crippen molar-refractivity contribution in [1.82, 2.24) is 10.2 Å². The lowest BCUT2D eigenvalue weighted by molar-refractivity contribution is -0.137. The molecule has 1 atom stereocenters. The van der Waals surface area contributed by atoms with E-state index in [0.29, 0.717) is 53.8 Å². The van der Waals surface area contributed by atoms with Gasteiger partial charge in [-0.05, 0) is 102 Å². The van der Waals surface area contributed by atoms with E-state index in [-0.39, 0.29) is 19.1 Å². The number of carbonyl (C=O) groups is 1. The number of rotatable bonds is 19. The van der Waals surface area contributed by atoms with E-state index in [1.807, 2.05) is 18.2 Å². The van der Waals surface area contributed by atoms with Crippen molar-refractivity contribution in [2.24, 2.45) is 0 Å². The van der Waals surface area contributed by atoms with Gasteiger partial charge in [-0.25, -0.2) is 0 Å². The molecule has 9 heteroatoms. The Morgan fingerprint density at radius 2 is 1.73 bits per heavy atom. The summed E-state index contributed by atoms with van der Waals surface area (Å²) in [6, 6.07) is 27.0. The molecule has 286 valence electrons. The summed E-state index contributed by atoms with van der Waals surface area (Å²) >= 11 is 6.84. The molecule has 0 unspecified atom stereocenters. The Morgan fingerprint density at radius 1 is 1.00 bits per heavy atom. The lowest BCUT2D eigenvalue weighted by atomic mass is 9.89. The number of benzene rings is 4. The van der Waals surface area contributed by atoms with Crippen LogP contribution in [0.25, 0.3) is 22.3 Å². The van der Waals surface area contributed by atoms with Gasteiger partial charge in [-0.2, -0.15) is 5.26 Å². The monoisotopic (exact) mass is 759 g/mol. The van der Waals surface area contributed by atoms with Crippen molar-refractivity contribution in [3.63, 3.8) is 0 Å². The second-order valence-corrected chi connectivity index (χ2v) is 14.4. The molecule has 0 aliphatic carbocycles. The van der Waals surface area contributed by atoms with Crippen molar-refractivity contribution in [2.75, 3.05) is 26.2 Å². The van der Waals surface area contributed by atoms with E-state index >= 15 is 0 Å². The number of carboxylic acid groups (broad SMARTS) is 1. The maximum absolute atomic E-state index is 10.7. The molecule has 0 bridgehead atoms. The number of aliphatic hydroxyl groups is 1. The fourth-order valence-electron chi connectivity index (χ4n) is 6.81. The average molecular weight is 760 g/mol. The summed E-state index contributed by atoms with van der Waals surface area (Å²) in [6.07, 6.45) is 5.39. The smallest absolute Gasteiger partial charge is 0.303 e. The van der Waals surface area contributed by atoms with Gasteiger partial charge >= 0.3 is 5.97 Å². The van der Waals surface area contributed by atoms with Crippen LogP contribution in [0.1, 0.15) is 53.5 Å². The van der Waals surface area contributed by atoms with E-state index in [9.17, 15) is 15.2 Å². The molecule has 0 amide bonds. The Labute approximate surface area is 330 Å². The molecule has 1 heterocycles. The number of hydrogen-bond donors (Lipinski definition) is 3. The number of ether oxygens (including phenoxy) is 2. The Bertz CT molecular complexity index is 2070. The second-order valence-electron chi connectivity index (χ2n) is 14.0. The van der Waals surface area contributed by atoms with Gasteiger partial charge in [-0.3, -0.25) is 9.69 Å². The van der Waals surface area contributed by atoms with E-state index in [1.165, 1.54) is 16.7 Å². The molecule has 4 aromatic carbocycles. The van der Waals surface area contributed by atoms with Gasteiger partial charge in [0.15, 0.2) is 0 Å². The summed E-state index contributed by atoms with van der Waals surface area (Å²) in [6.45, 7) is 15.8. The highest BCUT2D eigenvalue weighted by Crippen LogP contribution is 2.37. The van der Waals surface area contributed by atoms with Gasteiger partial charge in [0.25, 0.3) is 0 Å². The summed E-state index contributed by atoms with van der Waals surface area (Å²) in [5.74, 6) is 0.347. The first-order chi connectivity index (χ1) is 26.6. The molecule has 1 aliphatic heterocycles. The van der Waals surface area contributed by atoms with Crippen molar-refractivity contribution in [1.29, 1.82) is 5.26 Å². The number of aliphatic hydroxyl groups excluding tert-OH is 1. The van der Waals surface area contributed by atoms with Crippen LogP contribution in [0.2, 0.25) is 5.02 Å². The van der Waals surface area contributed by atoms with Gasteiger partial charge < -0.3 is 25.0 Å². The number of nitrogens with one attached hydrogen (secondary N) is 1. The maximum atomic E-state index is 10.7. The zero-order valence-corrected chi connectivity index (χ0v) is 32.5. The van der Waals surface area contributed by atoms with Crippen LogP contribution in [0.5, 0.6) is 11.5 Å². The van der Waals surface area contributed by atoms with Crippen LogP contribution < -0.4 is 14.8 Å². The molecule has 55 heavy (non-hydrogen) atoms. The summed E-state index contributed by atoms with van der Waals surface area (Å²) in [4.78, 5) is 12.9. The van der Waals surface area contributed by atoms with Crippen molar-refractivity contribution >= 4 is 17.6 Å². The number of unbranched alkanes of at least 4 members (excludes halogenated alkanes) is 1. The molecule has 8 nitrogen and oxygen atoms in total. The van der Waals surface area contributed by atoms with Crippen molar-refractivity contribution in [3.05, 3.63) is 142 Å². The zero-order chi connectivity index (χ0) is 39.3. The normalized spacial score (nSPS) is 14.4. The Morgan fingerprint density at radius 3 is 2.42 bits per heavy atom. The molecule has 0 saturated carbocycles. The number of nitrogens with zero attached hydrogens (tertiary/aromatic N) is 2. The van der Waals surface area contributed by atoms with Crippen LogP contribution in [-0.2, 0) is 24.5 Å². The molecule has 1 fully saturated rings. The third kappa shape index (κ3) is 11.4. The molecule has 3 N–H and O–H groups in total. The minimum absolute atomic E-state index is 0.180. The van der Waals surface area contributed by atoms with Crippen LogP contribution in [-0.4, -0.2) is 53.4 Å². The third-order valence-corrected chi connectivity index (χ3v) is 10.3. The maximum Gasteiger partial charge on any atom is 0.303 e. The van der Waals surface area contributed by atoms with Crippen molar-refractivity contribution in [3.8, 4) is 39.8 Å². The van der Waals surface area contributed by atoms with Gasteiger partial charge in [0, 0.05) is 49.8 Å². The molecule has 0 spiro atoms. The number of halogens is 1. The van der Waals surface area contributed by atoms with Crippen LogP contribution in [0, 0.1) is 25.2 Å². The quantitative estimate of drug-likeness (QED) is 0.0493. The van der Waals surface area contributed by atoms with Crippen LogP contribution in [0.4, 0.5) is 0 Å². The zero-order valence-electron chi connectivity index (χ0n) is 31.7. The van der Waals surface area contributed by atoms with Gasteiger partial charge in [-0.1, -0.05) is 91.5 Å². The molecule has 0 radical (unpaired) electrons. The summed E-state index contributed by atoms with van der Waals surface area (Å²) in [5, 5.41) is 32.0.